The molecule has 0 aromatic carbocycles. The lowest BCUT2D eigenvalue weighted by molar-refractivity contribution is -0.145. The zero-order valence-corrected chi connectivity index (χ0v) is 10.00. The fourth-order valence-corrected chi connectivity index (χ4v) is 1.14. The van der Waals surface area contributed by atoms with Crippen LogP contribution in [0.2, 0.25) is 0 Å². The van der Waals surface area contributed by atoms with Gasteiger partial charge in [-0.05, 0) is 19.5 Å². The van der Waals surface area contributed by atoms with E-state index in [1.165, 1.54) is 0 Å². The topological polar surface area (TPSA) is 69.6 Å². The molecule has 0 aliphatic heterocycles. The first-order valence-electron chi connectivity index (χ1n) is 4.81. The second-order valence-electron chi connectivity index (χ2n) is 4.94. The Morgan fingerprint density at radius 1 is 1.33 bits per heavy atom. The van der Waals surface area contributed by atoms with Crippen molar-refractivity contribution < 1.29 is 14.7 Å². The summed E-state index contributed by atoms with van der Waals surface area (Å²) in [5.41, 5.74) is -0.492. The molecule has 0 aromatic rings. The van der Waals surface area contributed by atoms with Crippen molar-refractivity contribution in [2.75, 3.05) is 20.6 Å². The smallest absolute Gasteiger partial charge is 0.326 e. The summed E-state index contributed by atoms with van der Waals surface area (Å²) in [7, 11) is 3.51. The number of carbonyl (C=O) groups excluding carboxylic acids is 1. The Morgan fingerprint density at radius 2 is 1.80 bits per heavy atom. The van der Waals surface area contributed by atoms with Crippen molar-refractivity contribution in [2.45, 2.75) is 26.8 Å². The number of amides is 1. The maximum absolute atomic E-state index is 11.4. The average molecular weight is 216 g/mol. The molecule has 0 fully saturated rings. The van der Waals surface area contributed by atoms with Crippen LogP contribution in [-0.4, -0.2) is 48.6 Å². The molecule has 0 saturated carbocycles. The monoisotopic (exact) mass is 216 g/mol. The van der Waals surface area contributed by atoms with Gasteiger partial charge in [-0.1, -0.05) is 20.8 Å². The fraction of sp³-hybridized carbons (Fsp3) is 0.800. The lowest BCUT2D eigenvalue weighted by Gasteiger charge is -2.28. The number of aliphatic carboxylic acids is 1. The van der Waals surface area contributed by atoms with Crippen LogP contribution in [-0.2, 0) is 9.59 Å². The van der Waals surface area contributed by atoms with Gasteiger partial charge in [-0.15, -0.1) is 0 Å². The van der Waals surface area contributed by atoms with Gasteiger partial charge in [-0.25, -0.2) is 4.79 Å². The SMILES string of the molecule is CN(C)CC(=O)N[C@@H](C(=O)O)C(C)(C)C. The molecule has 1 atom stereocenters. The Hall–Kier alpha value is -1.10. The first kappa shape index (κ1) is 13.9. The summed E-state index contributed by atoms with van der Waals surface area (Å²) in [5, 5.41) is 11.5. The van der Waals surface area contributed by atoms with Gasteiger partial charge in [-0.2, -0.15) is 0 Å². The van der Waals surface area contributed by atoms with E-state index in [0.29, 0.717) is 0 Å². The highest BCUT2D eigenvalue weighted by atomic mass is 16.4. The minimum Gasteiger partial charge on any atom is -0.480 e. The Balaban J connectivity index is 4.44. The van der Waals surface area contributed by atoms with Crippen LogP contribution in [0.1, 0.15) is 20.8 Å². The lowest BCUT2D eigenvalue weighted by Crippen LogP contribution is -2.51. The molecule has 1 amide bonds. The van der Waals surface area contributed by atoms with Crippen molar-refractivity contribution in [1.29, 1.82) is 0 Å². The number of hydrogen-bond acceptors (Lipinski definition) is 3. The van der Waals surface area contributed by atoms with Gasteiger partial charge in [0.1, 0.15) is 6.04 Å². The van der Waals surface area contributed by atoms with E-state index in [0.717, 1.165) is 0 Å². The van der Waals surface area contributed by atoms with E-state index in [4.69, 9.17) is 5.11 Å². The summed E-state index contributed by atoms with van der Waals surface area (Å²) in [4.78, 5) is 24.0. The van der Waals surface area contributed by atoms with Crippen LogP contribution in [0.25, 0.3) is 0 Å². The third-order valence-electron chi connectivity index (χ3n) is 1.88. The highest BCUT2D eigenvalue weighted by Gasteiger charge is 2.32. The quantitative estimate of drug-likeness (QED) is 0.702. The van der Waals surface area contributed by atoms with E-state index < -0.39 is 17.4 Å². The largest absolute Gasteiger partial charge is 0.480 e. The second kappa shape index (κ2) is 5.11. The molecule has 0 unspecified atom stereocenters. The van der Waals surface area contributed by atoms with Crippen LogP contribution in [0.15, 0.2) is 0 Å². The molecule has 0 heterocycles. The molecule has 0 rings (SSSR count). The minimum atomic E-state index is -1.00. The number of carboxylic acid groups (broad SMARTS) is 1. The molecule has 5 heteroatoms. The van der Waals surface area contributed by atoms with Crippen molar-refractivity contribution in [3.8, 4) is 0 Å². The molecule has 0 spiro atoms. The first-order valence-corrected chi connectivity index (χ1v) is 4.81. The molecule has 0 aliphatic carbocycles. The van der Waals surface area contributed by atoms with Crippen LogP contribution in [0.4, 0.5) is 0 Å². The number of carboxylic acids is 1. The number of carbonyl (C=O) groups is 2. The number of hydrogen-bond donors (Lipinski definition) is 2. The van der Waals surface area contributed by atoms with E-state index in [9.17, 15) is 9.59 Å². The molecule has 5 nitrogen and oxygen atoms in total. The molecule has 0 aliphatic rings. The van der Waals surface area contributed by atoms with Gasteiger partial charge in [-0.3, -0.25) is 4.79 Å². The zero-order valence-electron chi connectivity index (χ0n) is 10.00. The normalized spacial score (nSPS) is 13.7. The summed E-state index contributed by atoms with van der Waals surface area (Å²) < 4.78 is 0. The van der Waals surface area contributed by atoms with E-state index in [-0.39, 0.29) is 12.5 Å². The van der Waals surface area contributed by atoms with Crippen molar-refractivity contribution >= 4 is 11.9 Å². The summed E-state index contributed by atoms with van der Waals surface area (Å²) in [6.07, 6.45) is 0. The van der Waals surface area contributed by atoms with Crippen molar-refractivity contribution in [3.63, 3.8) is 0 Å². The van der Waals surface area contributed by atoms with Gasteiger partial charge < -0.3 is 15.3 Å². The summed E-state index contributed by atoms with van der Waals surface area (Å²) in [6, 6.07) is -0.857. The summed E-state index contributed by atoms with van der Waals surface area (Å²) in [6.45, 7) is 5.53. The summed E-state index contributed by atoms with van der Waals surface area (Å²) >= 11 is 0. The van der Waals surface area contributed by atoms with Crippen LogP contribution < -0.4 is 5.32 Å². The van der Waals surface area contributed by atoms with Crippen molar-refractivity contribution in [3.05, 3.63) is 0 Å². The standard InChI is InChI=1S/C10H20N2O3/c1-10(2,3)8(9(14)15)11-7(13)6-12(4)5/h8H,6H2,1-5H3,(H,11,13)(H,14,15)/t8-/m0/s1. The van der Waals surface area contributed by atoms with Crippen LogP contribution >= 0.6 is 0 Å². The molecule has 2 N–H and O–H groups in total. The minimum absolute atomic E-state index is 0.194. The number of likely N-dealkylation sites (N-methyl/N-ethyl adjacent to an activating group) is 1. The Morgan fingerprint density at radius 3 is 2.07 bits per heavy atom. The second-order valence-corrected chi connectivity index (χ2v) is 4.94. The lowest BCUT2D eigenvalue weighted by atomic mass is 9.87. The van der Waals surface area contributed by atoms with Gasteiger partial charge in [0.05, 0.1) is 6.54 Å². The molecule has 15 heavy (non-hydrogen) atoms. The van der Waals surface area contributed by atoms with Crippen LogP contribution in [0.3, 0.4) is 0 Å². The predicted molar refractivity (Wildman–Crippen MR) is 57.6 cm³/mol. The van der Waals surface area contributed by atoms with Crippen molar-refractivity contribution in [1.82, 2.24) is 10.2 Å². The number of rotatable bonds is 4. The molecular formula is C10H20N2O3. The predicted octanol–water partition coefficient (Wildman–Crippen LogP) is 0.164. The molecule has 0 saturated heterocycles. The third kappa shape index (κ3) is 5.37. The Bertz CT molecular complexity index is 244. The fourth-order valence-electron chi connectivity index (χ4n) is 1.14. The van der Waals surface area contributed by atoms with Gasteiger partial charge in [0, 0.05) is 0 Å². The Labute approximate surface area is 90.5 Å². The van der Waals surface area contributed by atoms with Gasteiger partial charge >= 0.3 is 5.97 Å². The van der Waals surface area contributed by atoms with Gasteiger partial charge in [0.25, 0.3) is 0 Å². The molecule has 0 aromatic heterocycles. The maximum Gasteiger partial charge on any atom is 0.326 e. The molecular weight excluding hydrogens is 196 g/mol. The molecule has 88 valence electrons. The molecule has 0 bridgehead atoms. The van der Waals surface area contributed by atoms with Gasteiger partial charge in [0.2, 0.25) is 5.91 Å². The maximum atomic E-state index is 11.4. The Kier molecular flexibility index (Phi) is 4.74. The third-order valence-corrected chi connectivity index (χ3v) is 1.88. The van der Waals surface area contributed by atoms with Crippen LogP contribution in [0.5, 0.6) is 0 Å². The van der Waals surface area contributed by atoms with E-state index in [1.54, 1.807) is 39.8 Å². The number of nitrogens with one attached hydrogen (secondary N) is 1. The highest BCUT2D eigenvalue weighted by Crippen LogP contribution is 2.19. The first-order chi connectivity index (χ1) is 6.64. The number of nitrogens with zero attached hydrogens (tertiary/aromatic N) is 1. The van der Waals surface area contributed by atoms with E-state index >= 15 is 0 Å². The van der Waals surface area contributed by atoms with Gasteiger partial charge in [0.15, 0.2) is 0 Å². The van der Waals surface area contributed by atoms with E-state index in [2.05, 4.69) is 5.32 Å². The summed E-state index contributed by atoms with van der Waals surface area (Å²) in [5.74, 6) is -1.28. The molecule has 0 radical (unpaired) electrons. The highest BCUT2D eigenvalue weighted by molar-refractivity contribution is 5.85. The van der Waals surface area contributed by atoms with Crippen LogP contribution in [0, 0.1) is 5.41 Å². The zero-order chi connectivity index (χ0) is 12.2. The van der Waals surface area contributed by atoms with Crippen molar-refractivity contribution in [2.24, 2.45) is 5.41 Å². The average Bonchev–Trinajstić information content (AvgIpc) is 1.95. The van der Waals surface area contributed by atoms with E-state index in [1.807, 2.05) is 0 Å².